The third-order valence-corrected chi connectivity index (χ3v) is 3.03. The molecule has 0 amide bonds. The van der Waals surface area contributed by atoms with Gasteiger partial charge in [-0.3, -0.25) is 0 Å². The molecule has 0 aromatic heterocycles. The van der Waals surface area contributed by atoms with Gasteiger partial charge < -0.3 is 15.5 Å². The summed E-state index contributed by atoms with van der Waals surface area (Å²) in [6, 6.07) is 7.27. The maximum atomic E-state index is 8.91. The van der Waals surface area contributed by atoms with E-state index in [2.05, 4.69) is 0 Å². The van der Waals surface area contributed by atoms with Gasteiger partial charge in [0, 0.05) is 17.1 Å². The highest BCUT2D eigenvalue weighted by Gasteiger charge is 2.13. The maximum absolute atomic E-state index is 8.91. The van der Waals surface area contributed by atoms with E-state index in [0.717, 1.165) is 5.56 Å². The molecule has 4 N–H and O–H groups in total. The molecule has 1 atom stereocenters. The molecule has 0 aliphatic rings. The van der Waals surface area contributed by atoms with Crippen molar-refractivity contribution >= 4 is 20.0 Å². The summed E-state index contributed by atoms with van der Waals surface area (Å²) in [6.07, 6.45) is 0.313. The first kappa shape index (κ1) is 11.9. The third kappa shape index (κ3) is 3.52. The minimum Gasteiger partial charge on any atom is -0.350 e. The summed E-state index contributed by atoms with van der Waals surface area (Å²) in [5.74, 6) is -0.00613. The average molecular weight is 234 g/mol. The molecule has 1 rings (SSSR count). The molecule has 5 heteroatoms. The molecular weight excluding hydrogens is 221 g/mol. The summed E-state index contributed by atoms with van der Waals surface area (Å²) in [5.41, 5.74) is 6.54. The fourth-order valence-corrected chi connectivity index (χ4v) is 2.13. The van der Waals surface area contributed by atoms with Crippen LogP contribution in [0.15, 0.2) is 24.3 Å². The van der Waals surface area contributed by atoms with E-state index in [1.54, 1.807) is 12.1 Å². The molecule has 0 saturated carbocycles. The van der Waals surface area contributed by atoms with Crippen LogP contribution in [0.1, 0.15) is 11.5 Å². The molecule has 0 bridgehead atoms. The largest absolute Gasteiger partial charge is 0.350 e. The molecule has 3 nitrogen and oxygen atoms in total. The van der Waals surface area contributed by atoms with Crippen LogP contribution in [0.5, 0.6) is 0 Å². The lowest BCUT2D eigenvalue weighted by molar-refractivity contribution is 0.476. The van der Waals surface area contributed by atoms with Crippen LogP contribution in [0.2, 0.25) is 5.02 Å². The van der Waals surface area contributed by atoms with Crippen LogP contribution in [-0.4, -0.2) is 22.5 Å². The lowest BCUT2D eigenvalue weighted by atomic mass is 10.0. The SMILES string of the molecule is NCC(CP(O)O)c1ccc(Cl)cc1. The fourth-order valence-electron chi connectivity index (χ4n) is 1.25. The van der Waals surface area contributed by atoms with Crippen molar-refractivity contribution in [2.45, 2.75) is 5.92 Å². The van der Waals surface area contributed by atoms with Gasteiger partial charge in [0.1, 0.15) is 0 Å². The van der Waals surface area contributed by atoms with E-state index < -0.39 is 8.38 Å². The number of halogens is 1. The summed E-state index contributed by atoms with van der Waals surface area (Å²) in [7, 11) is -1.89. The van der Waals surface area contributed by atoms with Crippen LogP contribution in [0.3, 0.4) is 0 Å². The van der Waals surface area contributed by atoms with Gasteiger partial charge in [0.25, 0.3) is 0 Å². The second-order valence-electron chi connectivity index (χ2n) is 3.04. The highest BCUT2D eigenvalue weighted by molar-refractivity contribution is 7.45. The normalized spacial score (nSPS) is 13.2. The van der Waals surface area contributed by atoms with Gasteiger partial charge in [-0.25, -0.2) is 0 Å². The molecular formula is C9H13ClNO2P. The van der Waals surface area contributed by atoms with Gasteiger partial charge in [0.2, 0.25) is 0 Å². The predicted molar refractivity (Wildman–Crippen MR) is 59.5 cm³/mol. The predicted octanol–water partition coefficient (Wildman–Crippen LogP) is 1.68. The highest BCUT2D eigenvalue weighted by atomic mass is 35.5. The summed E-state index contributed by atoms with van der Waals surface area (Å²) >= 11 is 5.74. The van der Waals surface area contributed by atoms with Gasteiger partial charge in [-0.2, -0.15) is 0 Å². The average Bonchev–Trinajstić information content (AvgIpc) is 2.15. The molecule has 0 saturated heterocycles. The Balaban J connectivity index is 2.73. The van der Waals surface area contributed by atoms with Crippen molar-refractivity contribution in [3.8, 4) is 0 Å². The van der Waals surface area contributed by atoms with Crippen LogP contribution in [0, 0.1) is 0 Å². The summed E-state index contributed by atoms with van der Waals surface area (Å²) in [4.78, 5) is 17.8. The van der Waals surface area contributed by atoms with Crippen LogP contribution in [0.4, 0.5) is 0 Å². The van der Waals surface area contributed by atoms with Gasteiger partial charge in [0.15, 0.2) is 8.38 Å². The summed E-state index contributed by atoms with van der Waals surface area (Å²) in [6.45, 7) is 0.404. The van der Waals surface area contributed by atoms with Gasteiger partial charge in [-0.1, -0.05) is 23.7 Å². The molecule has 1 aromatic carbocycles. The molecule has 0 aliphatic heterocycles. The smallest absolute Gasteiger partial charge is 0.165 e. The zero-order chi connectivity index (χ0) is 10.6. The van der Waals surface area contributed by atoms with Gasteiger partial charge in [-0.15, -0.1) is 0 Å². The maximum Gasteiger partial charge on any atom is 0.165 e. The second-order valence-corrected chi connectivity index (χ2v) is 4.59. The molecule has 0 aliphatic carbocycles. The van der Waals surface area contributed by atoms with Gasteiger partial charge >= 0.3 is 0 Å². The Hall–Kier alpha value is -0.180. The number of benzene rings is 1. The minimum atomic E-state index is -1.89. The molecule has 0 fully saturated rings. The lowest BCUT2D eigenvalue weighted by Crippen LogP contribution is -2.15. The highest BCUT2D eigenvalue weighted by Crippen LogP contribution is 2.31. The zero-order valence-corrected chi connectivity index (χ0v) is 9.25. The quantitative estimate of drug-likeness (QED) is 0.693. The van der Waals surface area contributed by atoms with Crippen molar-refractivity contribution in [1.82, 2.24) is 0 Å². The number of nitrogens with two attached hydrogens (primary N) is 1. The van der Waals surface area contributed by atoms with Crippen LogP contribution >= 0.6 is 20.0 Å². The Kier molecular flexibility index (Phi) is 4.79. The summed E-state index contributed by atoms with van der Waals surface area (Å²) in [5, 5.41) is 0.666. The number of hydrogen-bond donors (Lipinski definition) is 3. The fraction of sp³-hybridized carbons (Fsp3) is 0.333. The number of rotatable bonds is 4. The second kappa shape index (κ2) is 5.64. The Morgan fingerprint density at radius 2 is 1.86 bits per heavy atom. The van der Waals surface area contributed by atoms with Crippen molar-refractivity contribution in [3.63, 3.8) is 0 Å². The van der Waals surface area contributed by atoms with Crippen molar-refractivity contribution in [2.75, 3.05) is 12.7 Å². The lowest BCUT2D eigenvalue weighted by Gasteiger charge is -2.15. The zero-order valence-electron chi connectivity index (χ0n) is 7.60. The van der Waals surface area contributed by atoms with Crippen molar-refractivity contribution in [3.05, 3.63) is 34.9 Å². The first-order valence-corrected chi connectivity index (χ1v) is 6.05. The Morgan fingerprint density at radius 3 is 2.29 bits per heavy atom. The Labute approximate surface area is 89.4 Å². The third-order valence-electron chi connectivity index (χ3n) is 2.01. The van der Waals surface area contributed by atoms with E-state index in [1.165, 1.54) is 0 Å². The van der Waals surface area contributed by atoms with Crippen LogP contribution in [-0.2, 0) is 0 Å². The van der Waals surface area contributed by atoms with Crippen LogP contribution < -0.4 is 5.73 Å². The molecule has 0 radical (unpaired) electrons. The van der Waals surface area contributed by atoms with Crippen molar-refractivity contribution in [1.29, 1.82) is 0 Å². The molecule has 0 spiro atoms. The van der Waals surface area contributed by atoms with Crippen LogP contribution in [0.25, 0.3) is 0 Å². The Morgan fingerprint density at radius 1 is 1.29 bits per heavy atom. The molecule has 1 aromatic rings. The van der Waals surface area contributed by atoms with E-state index in [4.69, 9.17) is 27.1 Å². The van der Waals surface area contributed by atoms with Gasteiger partial charge in [-0.05, 0) is 24.2 Å². The number of hydrogen-bond acceptors (Lipinski definition) is 3. The van der Waals surface area contributed by atoms with E-state index in [-0.39, 0.29) is 5.92 Å². The molecule has 14 heavy (non-hydrogen) atoms. The van der Waals surface area contributed by atoms with E-state index in [0.29, 0.717) is 17.7 Å². The van der Waals surface area contributed by atoms with Crippen molar-refractivity contribution in [2.24, 2.45) is 5.73 Å². The molecule has 1 unspecified atom stereocenters. The van der Waals surface area contributed by atoms with Crippen molar-refractivity contribution < 1.29 is 9.79 Å². The first-order chi connectivity index (χ1) is 6.63. The van der Waals surface area contributed by atoms with E-state index >= 15 is 0 Å². The van der Waals surface area contributed by atoms with Gasteiger partial charge in [0.05, 0.1) is 0 Å². The Bertz CT molecular complexity index is 279. The van der Waals surface area contributed by atoms with E-state index in [9.17, 15) is 0 Å². The molecule has 0 heterocycles. The summed E-state index contributed by atoms with van der Waals surface area (Å²) < 4.78 is 0. The first-order valence-electron chi connectivity index (χ1n) is 4.24. The van der Waals surface area contributed by atoms with E-state index in [1.807, 2.05) is 12.1 Å². The monoisotopic (exact) mass is 233 g/mol. The molecule has 78 valence electrons. The topological polar surface area (TPSA) is 66.5 Å². The standard InChI is InChI=1S/C9H13ClNO2P/c10-9-3-1-7(2-4-9)8(5-11)6-14(12)13/h1-4,8,12-13H,5-6,11H2. The minimum absolute atomic E-state index is 0.00613.